The molecule has 132 valence electrons. The molecule has 1 aliphatic heterocycles. The van der Waals surface area contributed by atoms with Gasteiger partial charge in [0.05, 0.1) is 6.26 Å². The summed E-state index contributed by atoms with van der Waals surface area (Å²) in [7, 11) is -3.33. The van der Waals surface area contributed by atoms with Crippen molar-refractivity contribution in [2.75, 3.05) is 24.1 Å². The van der Waals surface area contributed by atoms with Crippen LogP contribution in [-0.2, 0) is 14.8 Å². The minimum absolute atomic E-state index is 0.0330. The van der Waals surface area contributed by atoms with Crippen LogP contribution in [0.25, 0.3) is 0 Å². The standard InChI is InChI=1S/C17H24N2O4S/c1-13-9-11-19(12-10-13)17(21)8-7-16(20)14-3-5-15(6-4-14)18-24(2,22)23/h3-6,13,18H,7-12H2,1-2H3. The molecule has 1 aromatic carbocycles. The number of sulfonamides is 1. The van der Waals surface area contributed by atoms with Crippen LogP contribution in [0.3, 0.4) is 0 Å². The van der Waals surface area contributed by atoms with Crippen molar-refractivity contribution < 1.29 is 18.0 Å². The van der Waals surface area contributed by atoms with E-state index in [1.807, 2.05) is 4.90 Å². The van der Waals surface area contributed by atoms with Crippen molar-refractivity contribution in [2.45, 2.75) is 32.6 Å². The number of ketones is 1. The van der Waals surface area contributed by atoms with Crippen LogP contribution in [0, 0.1) is 5.92 Å². The van der Waals surface area contributed by atoms with Crippen LogP contribution in [0.2, 0.25) is 0 Å². The zero-order valence-electron chi connectivity index (χ0n) is 14.1. The molecular weight excluding hydrogens is 328 g/mol. The van der Waals surface area contributed by atoms with Gasteiger partial charge >= 0.3 is 0 Å². The molecule has 0 aliphatic carbocycles. The van der Waals surface area contributed by atoms with E-state index in [1.165, 1.54) is 0 Å². The van der Waals surface area contributed by atoms with E-state index in [2.05, 4.69) is 11.6 Å². The number of anilines is 1. The molecule has 1 aliphatic rings. The minimum atomic E-state index is -3.33. The fraction of sp³-hybridized carbons (Fsp3) is 0.529. The molecule has 24 heavy (non-hydrogen) atoms. The fourth-order valence-corrected chi connectivity index (χ4v) is 3.28. The van der Waals surface area contributed by atoms with Crippen molar-refractivity contribution in [1.29, 1.82) is 0 Å². The summed E-state index contributed by atoms with van der Waals surface area (Å²) in [5, 5.41) is 0. The molecule has 0 radical (unpaired) electrons. The Morgan fingerprint density at radius 1 is 1.12 bits per heavy atom. The summed E-state index contributed by atoms with van der Waals surface area (Å²) in [4.78, 5) is 26.2. The van der Waals surface area contributed by atoms with Gasteiger partial charge < -0.3 is 4.90 Å². The number of nitrogens with one attached hydrogen (secondary N) is 1. The number of rotatable bonds is 6. The van der Waals surface area contributed by atoms with E-state index in [-0.39, 0.29) is 24.5 Å². The first-order chi connectivity index (χ1) is 11.2. The number of amides is 1. The first-order valence-corrected chi connectivity index (χ1v) is 10.0. The van der Waals surface area contributed by atoms with Crippen molar-refractivity contribution in [3.63, 3.8) is 0 Å². The average molecular weight is 352 g/mol. The number of hydrogen-bond donors (Lipinski definition) is 1. The Balaban J connectivity index is 1.85. The first kappa shape index (κ1) is 18.4. The Hall–Kier alpha value is -1.89. The highest BCUT2D eigenvalue weighted by Gasteiger charge is 2.20. The normalized spacial score (nSPS) is 16.0. The van der Waals surface area contributed by atoms with Crippen LogP contribution in [0.5, 0.6) is 0 Å². The molecular formula is C17H24N2O4S. The Morgan fingerprint density at radius 3 is 2.25 bits per heavy atom. The Labute approximate surface area is 143 Å². The number of carbonyl (C=O) groups is 2. The predicted octanol–water partition coefficient (Wildman–Crippen LogP) is 2.28. The lowest BCUT2D eigenvalue weighted by Crippen LogP contribution is -2.38. The lowest BCUT2D eigenvalue weighted by molar-refractivity contribution is -0.132. The molecule has 1 aromatic rings. The highest BCUT2D eigenvalue weighted by atomic mass is 32.2. The van der Waals surface area contributed by atoms with Crippen LogP contribution in [0.1, 0.15) is 43.0 Å². The van der Waals surface area contributed by atoms with E-state index in [0.717, 1.165) is 32.2 Å². The van der Waals surface area contributed by atoms with Crippen molar-refractivity contribution in [2.24, 2.45) is 5.92 Å². The topological polar surface area (TPSA) is 83.6 Å². The summed E-state index contributed by atoms with van der Waals surface area (Å²) >= 11 is 0. The van der Waals surface area contributed by atoms with Crippen LogP contribution in [0.4, 0.5) is 5.69 Å². The van der Waals surface area contributed by atoms with E-state index in [9.17, 15) is 18.0 Å². The Kier molecular flexibility index (Phi) is 5.99. The van der Waals surface area contributed by atoms with Crippen molar-refractivity contribution >= 4 is 27.4 Å². The summed E-state index contributed by atoms with van der Waals surface area (Å²) < 4.78 is 24.6. The van der Waals surface area contributed by atoms with Gasteiger partial charge in [0.25, 0.3) is 0 Å². The molecule has 7 heteroatoms. The molecule has 0 atom stereocenters. The van der Waals surface area contributed by atoms with Crippen molar-refractivity contribution in [3.8, 4) is 0 Å². The highest BCUT2D eigenvalue weighted by Crippen LogP contribution is 2.18. The predicted molar refractivity (Wildman–Crippen MR) is 93.5 cm³/mol. The van der Waals surface area contributed by atoms with E-state index in [4.69, 9.17) is 0 Å². The molecule has 0 aromatic heterocycles. The smallest absolute Gasteiger partial charge is 0.229 e. The summed E-state index contributed by atoms with van der Waals surface area (Å²) in [6, 6.07) is 6.23. The number of hydrogen-bond acceptors (Lipinski definition) is 4. The van der Waals surface area contributed by atoms with E-state index in [1.54, 1.807) is 24.3 Å². The van der Waals surface area contributed by atoms with Gasteiger partial charge in [0, 0.05) is 37.2 Å². The monoisotopic (exact) mass is 352 g/mol. The molecule has 6 nitrogen and oxygen atoms in total. The van der Waals surface area contributed by atoms with E-state index >= 15 is 0 Å². The molecule has 1 saturated heterocycles. The van der Waals surface area contributed by atoms with Crippen LogP contribution in [0.15, 0.2) is 24.3 Å². The average Bonchev–Trinajstić information content (AvgIpc) is 2.52. The highest BCUT2D eigenvalue weighted by molar-refractivity contribution is 7.92. The second-order valence-corrected chi connectivity index (χ2v) is 8.19. The maximum Gasteiger partial charge on any atom is 0.229 e. The first-order valence-electron chi connectivity index (χ1n) is 8.13. The van der Waals surface area contributed by atoms with Gasteiger partial charge in [-0.1, -0.05) is 6.92 Å². The van der Waals surface area contributed by atoms with Crippen molar-refractivity contribution in [3.05, 3.63) is 29.8 Å². The van der Waals surface area contributed by atoms with E-state index in [0.29, 0.717) is 17.2 Å². The number of piperidine rings is 1. The van der Waals surface area contributed by atoms with Crippen LogP contribution in [-0.4, -0.2) is 44.4 Å². The molecule has 1 amide bonds. The Bertz CT molecular complexity index is 690. The molecule has 0 spiro atoms. The SMILES string of the molecule is CC1CCN(C(=O)CCC(=O)c2ccc(NS(C)(=O)=O)cc2)CC1. The van der Waals surface area contributed by atoms with E-state index < -0.39 is 10.0 Å². The largest absolute Gasteiger partial charge is 0.343 e. The number of likely N-dealkylation sites (tertiary alicyclic amines) is 1. The van der Waals surface area contributed by atoms with Gasteiger partial charge in [-0.05, 0) is 43.0 Å². The van der Waals surface area contributed by atoms with Crippen LogP contribution >= 0.6 is 0 Å². The van der Waals surface area contributed by atoms with Gasteiger partial charge in [-0.25, -0.2) is 8.42 Å². The maximum atomic E-state index is 12.2. The van der Waals surface area contributed by atoms with Crippen molar-refractivity contribution in [1.82, 2.24) is 4.90 Å². The third-order valence-corrected chi connectivity index (χ3v) is 4.82. The fourth-order valence-electron chi connectivity index (χ4n) is 2.72. The molecule has 2 rings (SSSR count). The number of benzene rings is 1. The lowest BCUT2D eigenvalue weighted by atomic mass is 9.98. The summed E-state index contributed by atoms with van der Waals surface area (Å²) in [6.45, 7) is 3.74. The molecule has 0 unspecified atom stereocenters. The minimum Gasteiger partial charge on any atom is -0.343 e. The van der Waals surface area contributed by atoms with Gasteiger partial charge in [-0.15, -0.1) is 0 Å². The molecule has 1 heterocycles. The zero-order chi connectivity index (χ0) is 17.7. The maximum absolute atomic E-state index is 12.2. The number of carbonyl (C=O) groups excluding carboxylic acids is 2. The quantitative estimate of drug-likeness (QED) is 0.796. The molecule has 0 saturated carbocycles. The summed E-state index contributed by atoms with van der Waals surface area (Å²) in [5.41, 5.74) is 0.890. The van der Waals surface area contributed by atoms with Gasteiger partial charge in [0.1, 0.15) is 0 Å². The van der Waals surface area contributed by atoms with Crippen LogP contribution < -0.4 is 4.72 Å². The third kappa shape index (κ3) is 5.63. The number of Topliss-reactive ketones (excluding diaryl/α,β-unsaturated/α-hetero) is 1. The zero-order valence-corrected chi connectivity index (χ0v) is 14.9. The van der Waals surface area contributed by atoms with Gasteiger partial charge in [0.2, 0.25) is 15.9 Å². The van der Waals surface area contributed by atoms with Gasteiger partial charge in [0.15, 0.2) is 5.78 Å². The third-order valence-electron chi connectivity index (χ3n) is 4.21. The number of nitrogens with zero attached hydrogens (tertiary/aromatic N) is 1. The summed E-state index contributed by atoms with van der Waals surface area (Å²) in [5.74, 6) is 0.583. The second kappa shape index (κ2) is 7.79. The second-order valence-electron chi connectivity index (χ2n) is 6.44. The molecule has 1 fully saturated rings. The lowest BCUT2D eigenvalue weighted by Gasteiger charge is -2.30. The van der Waals surface area contributed by atoms with Gasteiger partial charge in [-0.3, -0.25) is 14.3 Å². The Morgan fingerprint density at radius 2 is 1.71 bits per heavy atom. The van der Waals surface area contributed by atoms with Gasteiger partial charge in [-0.2, -0.15) is 0 Å². The summed E-state index contributed by atoms with van der Waals surface area (Å²) in [6.07, 6.45) is 3.50. The molecule has 0 bridgehead atoms. The molecule has 1 N–H and O–H groups in total.